The Balaban J connectivity index is 1.21. The summed E-state index contributed by atoms with van der Waals surface area (Å²) in [6, 6.07) is 8.16. The maximum atomic E-state index is 6.25. The highest BCUT2D eigenvalue weighted by Crippen LogP contribution is 2.36. The van der Waals surface area contributed by atoms with E-state index in [1.54, 1.807) is 6.20 Å². The molecule has 1 aliphatic carbocycles. The van der Waals surface area contributed by atoms with Gasteiger partial charge in [0.05, 0.1) is 21.5 Å². The molecule has 1 aromatic carbocycles. The molecule has 8 nitrogen and oxygen atoms in total. The van der Waals surface area contributed by atoms with Crippen LogP contribution in [0.15, 0.2) is 47.8 Å². The minimum absolute atomic E-state index is 0.395. The Morgan fingerprint density at radius 3 is 2.88 bits per heavy atom. The summed E-state index contributed by atoms with van der Waals surface area (Å²) in [6.07, 6.45) is 7.95. The lowest BCUT2D eigenvalue weighted by Crippen LogP contribution is -2.47. The van der Waals surface area contributed by atoms with Crippen molar-refractivity contribution in [2.45, 2.75) is 36.9 Å². The van der Waals surface area contributed by atoms with Crippen LogP contribution in [0.1, 0.15) is 24.4 Å². The van der Waals surface area contributed by atoms with Crippen molar-refractivity contribution < 1.29 is 4.74 Å². The second-order valence-electron chi connectivity index (χ2n) is 8.55. The first-order valence-corrected chi connectivity index (χ1v) is 11.6. The molecule has 32 heavy (non-hydrogen) atoms. The molecule has 0 unspecified atom stereocenters. The number of thiol groups is 1. The number of aromatic nitrogens is 6. The monoisotopic (exact) mass is 467 g/mol. The zero-order chi connectivity index (χ0) is 21.7. The van der Waals surface area contributed by atoms with Crippen LogP contribution in [0.4, 0.5) is 0 Å². The van der Waals surface area contributed by atoms with E-state index in [1.165, 1.54) is 12.8 Å². The van der Waals surface area contributed by atoms with Gasteiger partial charge >= 0.3 is 0 Å². The van der Waals surface area contributed by atoms with Gasteiger partial charge in [0.25, 0.3) is 0 Å². The Morgan fingerprint density at radius 1 is 1.22 bits per heavy atom. The van der Waals surface area contributed by atoms with E-state index >= 15 is 0 Å². The van der Waals surface area contributed by atoms with Crippen LogP contribution in [0.3, 0.4) is 0 Å². The van der Waals surface area contributed by atoms with Gasteiger partial charge in [0.1, 0.15) is 11.3 Å². The van der Waals surface area contributed by atoms with E-state index in [-0.39, 0.29) is 0 Å². The van der Waals surface area contributed by atoms with Crippen LogP contribution in [0.5, 0.6) is 11.6 Å². The molecule has 164 valence electrons. The maximum absolute atomic E-state index is 6.25. The fraction of sp³-hybridized carbons (Fsp3) is 0.364. The van der Waals surface area contributed by atoms with Gasteiger partial charge in [-0.2, -0.15) is 5.10 Å². The van der Waals surface area contributed by atoms with Crippen LogP contribution in [0.2, 0.25) is 5.02 Å². The lowest BCUT2D eigenvalue weighted by molar-refractivity contribution is 0.0900. The quantitative estimate of drug-likeness (QED) is 0.410. The zero-order valence-corrected chi connectivity index (χ0v) is 19.0. The zero-order valence-electron chi connectivity index (χ0n) is 17.3. The molecule has 0 amide bonds. The molecule has 10 heteroatoms. The number of rotatable bonds is 7. The maximum Gasteiger partial charge on any atom is 0.223 e. The molecular formula is C22H22ClN7OS. The lowest BCUT2D eigenvalue weighted by Gasteiger charge is -2.39. The molecule has 4 heterocycles. The smallest absolute Gasteiger partial charge is 0.223 e. The summed E-state index contributed by atoms with van der Waals surface area (Å²) >= 11 is 10.9. The Hall–Kier alpha value is -2.62. The van der Waals surface area contributed by atoms with Crippen LogP contribution >= 0.6 is 24.2 Å². The molecule has 1 saturated heterocycles. The highest BCUT2D eigenvalue weighted by Gasteiger charge is 2.29. The number of likely N-dealkylation sites (tertiary alicyclic amines) is 1. The van der Waals surface area contributed by atoms with E-state index in [0.717, 1.165) is 42.1 Å². The molecule has 2 fully saturated rings. The molecule has 0 spiro atoms. The normalized spacial score (nSPS) is 17.1. The third kappa shape index (κ3) is 3.85. The predicted molar refractivity (Wildman–Crippen MR) is 123 cm³/mol. The minimum Gasteiger partial charge on any atom is -0.437 e. The molecule has 4 aromatic rings. The number of benzene rings is 1. The first-order chi connectivity index (χ1) is 15.6. The van der Waals surface area contributed by atoms with Crippen molar-refractivity contribution in [1.82, 2.24) is 34.7 Å². The van der Waals surface area contributed by atoms with Gasteiger partial charge in [-0.3, -0.25) is 9.58 Å². The molecular weight excluding hydrogens is 446 g/mol. The van der Waals surface area contributed by atoms with Gasteiger partial charge in [-0.05, 0) is 43.0 Å². The van der Waals surface area contributed by atoms with Gasteiger partial charge in [0.15, 0.2) is 0 Å². The fourth-order valence-corrected chi connectivity index (χ4v) is 4.58. The number of halogens is 1. The van der Waals surface area contributed by atoms with Crippen molar-refractivity contribution in [3.05, 3.63) is 53.4 Å². The summed E-state index contributed by atoms with van der Waals surface area (Å²) in [4.78, 5) is 7.44. The van der Waals surface area contributed by atoms with Crippen LogP contribution < -0.4 is 4.74 Å². The molecule has 0 N–H and O–H groups in total. The van der Waals surface area contributed by atoms with E-state index in [1.807, 2.05) is 46.0 Å². The highest BCUT2D eigenvalue weighted by atomic mass is 35.5. The van der Waals surface area contributed by atoms with E-state index in [4.69, 9.17) is 29.0 Å². The highest BCUT2D eigenvalue weighted by molar-refractivity contribution is 7.80. The van der Waals surface area contributed by atoms with Gasteiger partial charge < -0.3 is 4.74 Å². The van der Waals surface area contributed by atoms with Crippen molar-refractivity contribution in [1.29, 1.82) is 0 Å². The average Bonchev–Trinajstić information content (AvgIpc) is 3.23. The third-order valence-electron chi connectivity index (χ3n) is 6.08. The summed E-state index contributed by atoms with van der Waals surface area (Å²) in [7, 11) is 0. The Morgan fingerprint density at radius 2 is 2.09 bits per heavy atom. The molecule has 3 aromatic heterocycles. The second kappa shape index (κ2) is 8.06. The van der Waals surface area contributed by atoms with E-state index < -0.39 is 0 Å². The summed E-state index contributed by atoms with van der Waals surface area (Å²) in [6.45, 7) is 3.44. The second-order valence-corrected chi connectivity index (χ2v) is 9.43. The number of hydrogen-bond acceptors (Lipinski definition) is 7. The van der Waals surface area contributed by atoms with Gasteiger partial charge in [-0.15, -0.1) is 17.7 Å². The molecule has 0 radical (unpaired) electrons. The standard InChI is InChI=1S/C22H22ClN7OS/c23-16-8-15(11-28-12-17(13-28)29-7-1-6-25-29)22(24-9-16)31-19-5-4-18-20(21(19)32)26-27-30(18)10-14-2-3-14/h1,4-9,14,17,32H,2-3,10-13H2. The largest absolute Gasteiger partial charge is 0.437 e. The summed E-state index contributed by atoms with van der Waals surface area (Å²) < 4.78 is 10.2. The number of hydrogen-bond donors (Lipinski definition) is 1. The van der Waals surface area contributed by atoms with Crippen molar-refractivity contribution in [2.75, 3.05) is 13.1 Å². The van der Waals surface area contributed by atoms with Crippen LogP contribution in [0.25, 0.3) is 11.0 Å². The Labute approximate surface area is 195 Å². The molecule has 6 rings (SSSR count). The topological polar surface area (TPSA) is 73.9 Å². The number of pyridine rings is 1. The van der Waals surface area contributed by atoms with E-state index in [9.17, 15) is 0 Å². The van der Waals surface area contributed by atoms with Crippen LogP contribution in [0, 0.1) is 5.92 Å². The van der Waals surface area contributed by atoms with Gasteiger partial charge in [0, 0.05) is 50.3 Å². The summed E-state index contributed by atoms with van der Waals surface area (Å²) in [5.41, 5.74) is 2.65. The Kier molecular flexibility index (Phi) is 5.04. The van der Waals surface area contributed by atoms with E-state index in [0.29, 0.717) is 34.1 Å². The molecule has 0 atom stereocenters. The van der Waals surface area contributed by atoms with Crippen molar-refractivity contribution >= 4 is 35.3 Å². The average molecular weight is 468 g/mol. The number of fused-ring (bicyclic) bond motifs is 1. The van der Waals surface area contributed by atoms with Crippen LogP contribution in [-0.4, -0.2) is 47.7 Å². The number of nitrogens with zero attached hydrogens (tertiary/aromatic N) is 7. The molecule has 2 aliphatic rings. The molecule has 0 bridgehead atoms. The first-order valence-electron chi connectivity index (χ1n) is 10.7. The SMILES string of the molecule is Sc1c(Oc2ncc(Cl)cc2CN2CC(n3cccn3)C2)ccc2c1nnn2CC1CC1. The van der Waals surface area contributed by atoms with Crippen molar-refractivity contribution in [3.63, 3.8) is 0 Å². The summed E-state index contributed by atoms with van der Waals surface area (Å²) in [5, 5.41) is 13.6. The van der Waals surface area contributed by atoms with Gasteiger partial charge in [-0.1, -0.05) is 16.8 Å². The van der Waals surface area contributed by atoms with Crippen LogP contribution in [-0.2, 0) is 13.1 Å². The number of ether oxygens (including phenoxy) is 1. The van der Waals surface area contributed by atoms with E-state index in [2.05, 4.69) is 25.3 Å². The lowest BCUT2D eigenvalue weighted by atomic mass is 10.1. The van der Waals surface area contributed by atoms with Gasteiger partial charge in [-0.25, -0.2) is 9.67 Å². The first kappa shape index (κ1) is 20.0. The van der Waals surface area contributed by atoms with Crippen molar-refractivity contribution in [2.24, 2.45) is 5.92 Å². The molecule has 1 aliphatic heterocycles. The third-order valence-corrected chi connectivity index (χ3v) is 6.72. The summed E-state index contributed by atoms with van der Waals surface area (Å²) in [5.74, 6) is 1.85. The fourth-order valence-electron chi connectivity index (χ4n) is 4.12. The Bertz CT molecular complexity index is 1270. The molecule has 1 saturated carbocycles. The van der Waals surface area contributed by atoms with Gasteiger partial charge in [0.2, 0.25) is 5.88 Å². The predicted octanol–water partition coefficient (Wildman–Crippen LogP) is 4.22. The minimum atomic E-state index is 0.395. The van der Waals surface area contributed by atoms with Crippen molar-refractivity contribution in [3.8, 4) is 11.6 Å².